The fourth-order valence-electron chi connectivity index (χ4n) is 6.74. The molecule has 0 unspecified atom stereocenters. The summed E-state index contributed by atoms with van der Waals surface area (Å²) in [6.45, 7) is 16.9. The monoisotopic (exact) mass is 746 g/mol. The SMILES string of the molecule is CC1=C(C)C(=O)C(CCCC[C@H](NC(=O)[C@@H]2CCCN2C(=O)[C@H](/C=C/[C@H](CC(C)C)NC(=O)OC(C)(C)C)Cc2ccccc2)C(=O)NC(C)C)=CC1=O. The van der Waals surface area contributed by atoms with Crippen LogP contribution < -0.4 is 16.0 Å². The van der Waals surface area contributed by atoms with Gasteiger partial charge in [-0.1, -0.05) is 62.8 Å². The Kier molecular flexibility index (Phi) is 16.4. The highest BCUT2D eigenvalue weighted by Crippen LogP contribution is 2.25. The number of alkyl carbamates (subject to hydrolysis) is 1. The van der Waals surface area contributed by atoms with Gasteiger partial charge in [0.05, 0.1) is 12.0 Å². The van der Waals surface area contributed by atoms with E-state index in [1.54, 1.807) is 39.5 Å². The van der Waals surface area contributed by atoms with Crippen LogP contribution in [0.4, 0.5) is 4.79 Å². The van der Waals surface area contributed by atoms with Gasteiger partial charge in [-0.2, -0.15) is 0 Å². The summed E-state index contributed by atoms with van der Waals surface area (Å²) >= 11 is 0. The van der Waals surface area contributed by atoms with E-state index in [0.717, 1.165) is 5.56 Å². The van der Waals surface area contributed by atoms with Gasteiger partial charge in [-0.3, -0.25) is 24.0 Å². The number of allylic oxidation sites excluding steroid dienone is 4. The van der Waals surface area contributed by atoms with Crippen LogP contribution in [-0.2, 0) is 35.1 Å². The summed E-state index contributed by atoms with van der Waals surface area (Å²) in [4.78, 5) is 80.9. The van der Waals surface area contributed by atoms with Gasteiger partial charge in [0.2, 0.25) is 17.7 Å². The van der Waals surface area contributed by atoms with Crippen LogP contribution in [0.15, 0.2) is 65.3 Å². The molecule has 2 aliphatic rings. The number of hydrogen-bond acceptors (Lipinski definition) is 7. The topological polar surface area (TPSA) is 151 Å². The second kappa shape index (κ2) is 20.2. The Balaban J connectivity index is 1.77. The minimum atomic E-state index is -0.838. The number of benzene rings is 1. The fourth-order valence-corrected chi connectivity index (χ4v) is 6.74. The number of unbranched alkanes of at least 4 members (excludes halogenated alkanes) is 1. The molecule has 0 bridgehead atoms. The molecule has 11 heteroatoms. The summed E-state index contributed by atoms with van der Waals surface area (Å²) < 4.78 is 5.50. The lowest BCUT2D eigenvalue weighted by Crippen LogP contribution is -2.54. The number of hydrogen-bond donors (Lipinski definition) is 3. The number of rotatable bonds is 17. The molecule has 1 aromatic rings. The molecule has 54 heavy (non-hydrogen) atoms. The summed E-state index contributed by atoms with van der Waals surface area (Å²) in [6, 6.07) is 7.57. The average molecular weight is 747 g/mol. The third-order valence-corrected chi connectivity index (χ3v) is 9.58. The Labute approximate surface area is 321 Å². The van der Waals surface area contributed by atoms with Crippen LogP contribution >= 0.6 is 0 Å². The molecule has 4 amide bonds. The number of Topliss-reactive ketones (excluding diaryl/α,β-unsaturated/α-hetero) is 1. The number of carbonyl (C=O) groups excluding carboxylic acids is 6. The zero-order valence-electron chi connectivity index (χ0n) is 33.8. The molecular weight excluding hydrogens is 684 g/mol. The Hall–Kier alpha value is -4.54. The van der Waals surface area contributed by atoms with E-state index in [1.807, 2.05) is 56.3 Å². The molecule has 1 aromatic carbocycles. The smallest absolute Gasteiger partial charge is 0.408 e. The Morgan fingerprint density at radius 3 is 2.24 bits per heavy atom. The molecular formula is C43H62N4O7. The van der Waals surface area contributed by atoms with Gasteiger partial charge in [0.15, 0.2) is 11.6 Å². The first-order valence-electron chi connectivity index (χ1n) is 19.5. The predicted octanol–water partition coefficient (Wildman–Crippen LogP) is 6.32. The molecule has 1 saturated heterocycles. The second-order valence-electron chi connectivity index (χ2n) is 16.3. The lowest BCUT2D eigenvalue weighted by Gasteiger charge is -2.29. The van der Waals surface area contributed by atoms with Crippen LogP contribution in [0.25, 0.3) is 0 Å². The molecule has 4 atom stereocenters. The molecule has 0 aromatic heterocycles. The minimum Gasteiger partial charge on any atom is -0.444 e. The first kappa shape index (κ1) is 43.9. The van der Waals surface area contributed by atoms with Crippen molar-refractivity contribution >= 4 is 35.4 Å². The van der Waals surface area contributed by atoms with Crippen molar-refractivity contribution in [3.63, 3.8) is 0 Å². The Bertz CT molecular complexity index is 1600. The number of carbonyl (C=O) groups is 6. The van der Waals surface area contributed by atoms with Gasteiger partial charge in [0, 0.05) is 29.3 Å². The average Bonchev–Trinajstić information content (AvgIpc) is 3.58. The van der Waals surface area contributed by atoms with E-state index in [2.05, 4.69) is 29.8 Å². The lowest BCUT2D eigenvalue weighted by molar-refractivity contribution is -0.141. The second-order valence-corrected chi connectivity index (χ2v) is 16.3. The van der Waals surface area contributed by atoms with Gasteiger partial charge in [-0.25, -0.2) is 4.79 Å². The van der Waals surface area contributed by atoms with Crippen LogP contribution in [0.3, 0.4) is 0 Å². The molecule has 0 spiro atoms. The summed E-state index contributed by atoms with van der Waals surface area (Å²) in [7, 11) is 0. The maximum absolute atomic E-state index is 14.4. The van der Waals surface area contributed by atoms with E-state index < -0.39 is 29.7 Å². The van der Waals surface area contributed by atoms with Crippen LogP contribution in [0.5, 0.6) is 0 Å². The normalized spacial score (nSPS) is 18.2. The van der Waals surface area contributed by atoms with Crippen LogP contribution in [0.1, 0.15) is 113 Å². The quantitative estimate of drug-likeness (QED) is 0.0960. The molecule has 296 valence electrons. The minimum absolute atomic E-state index is 0.129. The maximum Gasteiger partial charge on any atom is 0.408 e. The van der Waals surface area contributed by atoms with Crippen molar-refractivity contribution in [2.24, 2.45) is 11.8 Å². The zero-order valence-corrected chi connectivity index (χ0v) is 33.8. The van der Waals surface area contributed by atoms with Crippen molar-refractivity contribution in [2.75, 3.05) is 6.54 Å². The van der Waals surface area contributed by atoms with E-state index >= 15 is 0 Å². The fraction of sp³-hybridized carbons (Fsp3) is 0.581. The lowest BCUT2D eigenvalue weighted by atomic mass is 9.88. The Morgan fingerprint density at radius 1 is 0.926 bits per heavy atom. The van der Waals surface area contributed by atoms with Gasteiger partial charge >= 0.3 is 6.09 Å². The zero-order chi connectivity index (χ0) is 40.2. The number of nitrogens with one attached hydrogen (secondary N) is 3. The first-order chi connectivity index (χ1) is 25.4. The van der Waals surface area contributed by atoms with E-state index in [0.29, 0.717) is 74.6 Å². The summed E-state index contributed by atoms with van der Waals surface area (Å²) in [5.41, 5.74) is 1.69. The van der Waals surface area contributed by atoms with E-state index in [4.69, 9.17) is 4.74 Å². The summed E-state index contributed by atoms with van der Waals surface area (Å²) in [5.74, 6) is -1.54. The van der Waals surface area contributed by atoms with Gasteiger partial charge in [0.25, 0.3) is 0 Å². The number of likely N-dealkylation sites (tertiary alicyclic amines) is 1. The van der Waals surface area contributed by atoms with Crippen molar-refractivity contribution in [2.45, 2.75) is 143 Å². The van der Waals surface area contributed by atoms with Crippen molar-refractivity contribution in [1.29, 1.82) is 0 Å². The number of ether oxygens (including phenoxy) is 1. The number of amides is 4. The van der Waals surface area contributed by atoms with Crippen molar-refractivity contribution < 1.29 is 33.5 Å². The van der Waals surface area contributed by atoms with E-state index in [1.165, 1.54) is 6.08 Å². The van der Waals surface area contributed by atoms with Gasteiger partial charge in [-0.05, 0) is 111 Å². The highest BCUT2D eigenvalue weighted by atomic mass is 16.6. The predicted molar refractivity (Wildman–Crippen MR) is 210 cm³/mol. The molecule has 11 nitrogen and oxygen atoms in total. The molecule has 1 aliphatic carbocycles. The first-order valence-corrected chi connectivity index (χ1v) is 19.5. The summed E-state index contributed by atoms with van der Waals surface area (Å²) in [6.07, 6.45) is 8.53. The number of ketones is 2. The highest BCUT2D eigenvalue weighted by molar-refractivity contribution is 6.22. The van der Waals surface area contributed by atoms with E-state index in [9.17, 15) is 28.8 Å². The van der Waals surface area contributed by atoms with Gasteiger partial charge in [0.1, 0.15) is 17.7 Å². The molecule has 0 saturated carbocycles. The molecule has 1 heterocycles. The van der Waals surface area contributed by atoms with Gasteiger partial charge < -0.3 is 25.6 Å². The summed E-state index contributed by atoms with van der Waals surface area (Å²) in [5, 5.41) is 8.79. The number of nitrogens with zero attached hydrogens (tertiary/aromatic N) is 1. The van der Waals surface area contributed by atoms with E-state index in [-0.39, 0.29) is 47.3 Å². The molecule has 1 fully saturated rings. The third kappa shape index (κ3) is 13.7. The largest absolute Gasteiger partial charge is 0.444 e. The molecule has 3 rings (SSSR count). The molecule has 3 N–H and O–H groups in total. The molecule has 1 aliphatic heterocycles. The van der Waals surface area contributed by atoms with Crippen molar-refractivity contribution in [3.05, 3.63) is 70.8 Å². The Morgan fingerprint density at radius 2 is 1.61 bits per heavy atom. The maximum atomic E-state index is 14.4. The van der Waals surface area contributed by atoms with Crippen molar-refractivity contribution in [3.8, 4) is 0 Å². The van der Waals surface area contributed by atoms with Crippen LogP contribution in [0, 0.1) is 11.8 Å². The van der Waals surface area contributed by atoms with Crippen LogP contribution in [0.2, 0.25) is 0 Å². The van der Waals surface area contributed by atoms with Crippen LogP contribution in [-0.4, -0.2) is 76.6 Å². The standard InChI is InChI=1S/C43H62N4O7/c1-27(2)24-34(45-42(53)54-43(7,8)9)22-21-33(25-31-16-11-10-12-17-31)41(52)47-23-15-20-36(47)40(51)46-35(39(50)44-28(3)4)19-14-13-18-32-26-37(48)29(5)30(6)38(32)49/h10-12,16-17,21-22,26-28,33-36H,13-15,18-20,23-25H2,1-9H3,(H,44,50)(H,45,53)(H,46,51)/b22-21+/t33-,34-,35+,36+/m1/s1. The third-order valence-electron chi connectivity index (χ3n) is 9.58. The van der Waals surface area contributed by atoms with Crippen molar-refractivity contribution in [1.82, 2.24) is 20.9 Å². The highest BCUT2D eigenvalue weighted by Gasteiger charge is 2.38. The van der Waals surface area contributed by atoms with Gasteiger partial charge in [-0.15, -0.1) is 0 Å². The molecule has 0 radical (unpaired) electrons.